The van der Waals surface area contributed by atoms with Crippen LogP contribution in [0.15, 0.2) is 12.4 Å². The number of aromatic nitrogens is 2. The van der Waals surface area contributed by atoms with Crippen LogP contribution in [0, 0.1) is 5.92 Å². The number of carbonyl (C=O) groups is 1. The minimum absolute atomic E-state index is 0.00236. The fraction of sp³-hybridized carbons (Fsp3) is 0.500. The van der Waals surface area contributed by atoms with Gasteiger partial charge in [-0.05, 0) is 6.42 Å². The Hall–Kier alpha value is -1.69. The number of aromatic carboxylic acids is 1. The molecule has 1 aliphatic rings. The fourth-order valence-corrected chi connectivity index (χ4v) is 1.83. The first kappa shape index (κ1) is 10.8. The van der Waals surface area contributed by atoms with Crippen LogP contribution >= 0.6 is 0 Å². The molecule has 1 aliphatic heterocycles. The third-order valence-corrected chi connectivity index (χ3v) is 2.74. The number of aliphatic hydroxyl groups is 1. The number of rotatable bonds is 3. The van der Waals surface area contributed by atoms with Crippen LogP contribution in [0.5, 0.6) is 0 Å². The Balaban J connectivity index is 2.15. The quantitative estimate of drug-likeness (QED) is 0.749. The minimum Gasteiger partial charge on any atom is -0.477 e. The van der Waals surface area contributed by atoms with E-state index in [4.69, 9.17) is 10.2 Å². The van der Waals surface area contributed by atoms with Crippen molar-refractivity contribution in [3.8, 4) is 0 Å². The molecule has 0 aromatic carbocycles. The highest BCUT2D eigenvalue weighted by molar-refractivity contribution is 5.86. The van der Waals surface area contributed by atoms with Gasteiger partial charge in [-0.25, -0.2) is 14.8 Å². The first-order valence-electron chi connectivity index (χ1n) is 5.12. The van der Waals surface area contributed by atoms with Crippen LogP contribution in [-0.2, 0) is 0 Å². The predicted molar refractivity (Wildman–Crippen MR) is 56.4 cm³/mol. The van der Waals surface area contributed by atoms with E-state index in [2.05, 4.69) is 9.97 Å². The van der Waals surface area contributed by atoms with E-state index in [0.717, 1.165) is 13.0 Å². The van der Waals surface area contributed by atoms with Crippen molar-refractivity contribution < 1.29 is 15.0 Å². The lowest BCUT2D eigenvalue weighted by atomic mass is 10.1. The van der Waals surface area contributed by atoms with Crippen molar-refractivity contribution in [2.45, 2.75) is 6.42 Å². The lowest BCUT2D eigenvalue weighted by Gasteiger charge is -2.16. The zero-order valence-electron chi connectivity index (χ0n) is 8.70. The Morgan fingerprint density at radius 2 is 2.38 bits per heavy atom. The van der Waals surface area contributed by atoms with Crippen LogP contribution in [-0.4, -0.2) is 45.8 Å². The second-order valence-electron chi connectivity index (χ2n) is 3.85. The van der Waals surface area contributed by atoms with Crippen molar-refractivity contribution in [2.24, 2.45) is 5.92 Å². The zero-order valence-corrected chi connectivity index (χ0v) is 8.70. The van der Waals surface area contributed by atoms with Crippen molar-refractivity contribution in [3.05, 3.63) is 18.1 Å². The summed E-state index contributed by atoms with van der Waals surface area (Å²) in [4.78, 5) is 20.4. The predicted octanol–water partition coefficient (Wildman–Crippen LogP) is -0.00660. The SMILES string of the molecule is O=C(O)c1cc(N2CC[C@H](CO)C2)ncn1. The summed E-state index contributed by atoms with van der Waals surface area (Å²) < 4.78 is 0. The molecule has 1 fully saturated rings. The average molecular weight is 223 g/mol. The van der Waals surface area contributed by atoms with Crippen LogP contribution in [0.2, 0.25) is 0 Å². The Bertz CT molecular complexity index is 397. The number of hydrogen-bond donors (Lipinski definition) is 2. The van der Waals surface area contributed by atoms with Gasteiger partial charge in [0.05, 0.1) is 0 Å². The molecule has 0 bridgehead atoms. The normalized spacial score (nSPS) is 20.1. The molecule has 1 aromatic heterocycles. The van der Waals surface area contributed by atoms with Crippen molar-refractivity contribution in [1.29, 1.82) is 0 Å². The van der Waals surface area contributed by atoms with E-state index in [9.17, 15) is 4.79 Å². The van der Waals surface area contributed by atoms with Crippen molar-refractivity contribution in [1.82, 2.24) is 9.97 Å². The van der Waals surface area contributed by atoms with Gasteiger partial charge in [-0.1, -0.05) is 0 Å². The molecule has 86 valence electrons. The van der Waals surface area contributed by atoms with E-state index in [0.29, 0.717) is 12.4 Å². The Kier molecular flexibility index (Phi) is 3.00. The van der Waals surface area contributed by atoms with Crippen LogP contribution in [0.4, 0.5) is 5.82 Å². The van der Waals surface area contributed by atoms with E-state index >= 15 is 0 Å². The first-order chi connectivity index (χ1) is 7.70. The highest BCUT2D eigenvalue weighted by Crippen LogP contribution is 2.21. The Morgan fingerprint density at radius 3 is 3.00 bits per heavy atom. The molecule has 0 unspecified atom stereocenters. The number of carboxylic acid groups (broad SMARTS) is 1. The molecule has 0 aliphatic carbocycles. The molecule has 6 nitrogen and oxygen atoms in total. The maximum Gasteiger partial charge on any atom is 0.354 e. The van der Waals surface area contributed by atoms with E-state index in [1.165, 1.54) is 12.4 Å². The number of nitrogens with zero attached hydrogens (tertiary/aromatic N) is 3. The third kappa shape index (κ3) is 2.11. The lowest BCUT2D eigenvalue weighted by molar-refractivity contribution is 0.0690. The standard InChI is InChI=1S/C10H13N3O3/c14-5-7-1-2-13(4-7)9-3-8(10(15)16)11-6-12-9/h3,6-7,14H,1-2,4-5H2,(H,15,16)/t7-/m0/s1. The largest absolute Gasteiger partial charge is 0.477 e. The van der Waals surface area contributed by atoms with Gasteiger partial charge in [-0.2, -0.15) is 0 Å². The highest BCUT2D eigenvalue weighted by Gasteiger charge is 2.23. The summed E-state index contributed by atoms with van der Waals surface area (Å²) in [7, 11) is 0. The first-order valence-corrected chi connectivity index (χ1v) is 5.12. The van der Waals surface area contributed by atoms with Gasteiger partial charge in [-0.15, -0.1) is 0 Å². The molecule has 0 amide bonds. The van der Waals surface area contributed by atoms with Crippen LogP contribution in [0.25, 0.3) is 0 Å². The van der Waals surface area contributed by atoms with Crippen LogP contribution in [0.1, 0.15) is 16.9 Å². The second kappa shape index (κ2) is 4.44. The van der Waals surface area contributed by atoms with Crippen molar-refractivity contribution in [3.63, 3.8) is 0 Å². The van der Waals surface area contributed by atoms with Gasteiger partial charge >= 0.3 is 5.97 Å². The molecule has 16 heavy (non-hydrogen) atoms. The Morgan fingerprint density at radius 1 is 1.56 bits per heavy atom. The molecule has 0 radical (unpaired) electrons. The van der Waals surface area contributed by atoms with Crippen LogP contribution in [0.3, 0.4) is 0 Å². The molecule has 6 heteroatoms. The maximum absolute atomic E-state index is 10.7. The highest BCUT2D eigenvalue weighted by atomic mass is 16.4. The molecular formula is C10H13N3O3. The molecule has 1 saturated heterocycles. The molecule has 1 aromatic rings. The maximum atomic E-state index is 10.7. The van der Waals surface area contributed by atoms with Gasteiger partial charge in [-0.3, -0.25) is 0 Å². The molecule has 0 spiro atoms. The van der Waals surface area contributed by atoms with E-state index in [-0.39, 0.29) is 18.2 Å². The summed E-state index contributed by atoms with van der Waals surface area (Å²) in [6.07, 6.45) is 2.16. The second-order valence-corrected chi connectivity index (χ2v) is 3.85. The summed E-state index contributed by atoms with van der Waals surface area (Å²) in [6, 6.07) is 1.46. The zero-order chi connectivity index (χ0) is 11.5. The summed E-state index contributed by atoms with van der Waals surface area (Å²) in [5, 5.41) is 17.8. The fourth-order valence-electron chi connectivity index (χ4n) is 1.83. The average Bonchev–Trinajstić information content (AvgIpc) is 2.77. The number of carboxylic acids is 1. The number of aliphatic hydroxyl groups excluding tert-OH is 1. The van der Waals surface area contributed by atoms with Crippen LogP contribution < -0.4 is 4.90 Å². The van der Waals surface area contributed by atoms with E-state index in [1.807, 2.05) is 4.90 Å². The Labute approximate surface area is 92.6 Å². The van der Waals surface area contributed by atoms with E-state index in [1.54, 1.807) is 0 Å². The van der Waals surface area contributed by atoms with E-state index < -0.39 is 5.97 Å². The van der Waals surface area contributed by atoms with Gasteiger partial charge in [0.15, 0.2) is 5.69 Å². The number of anilines is 1. The topological polar surface area (TPSA) is 86.5 Å². The smallest absolute Gasteiger partial charge is 0.354 e. The molecule has 0 saturated carbocycles. The van der Waals surface area contributed by atoms with Crippen molar-refractivity contribution >= 4 is 11.8 Å². The molecule has 2 heterocycles. The molecule has 1 atom stereocenters. The summed E-state index contributed by atoms with van der Waals surface area (Å²) in [6.45, 7) is 1.67. The monoisotopic (exact) mass is 223 g/mol. The van der Waals surface area contributed by atoms with Gasteiger partial charge in [0.25, 0.3) is 0 Å². The number of hydrogen-bond acceptors (Lipinski definition) is 5. The van der Waals surface area contributed by atoms with Gasteiger partial charge in [0, 0.05) is 31.7 Å². The molecular weight excluding hydrogens is 210 g/mol. The van der Waals surface area contributed by atoms with Crippen molar-refractivity contribution in [2.75, 3.05) is 24.6 Å². The lowest BCUT2D eigenvalue weighted by Crippen LogP contribution is -2.22. The van der Waals surface area contributed by atoms with Gasteiger partial charge in [0.1, 0.15) is 12.1 Å². The van der Waals surface area contributed by atoms with Gasteiger partial charge in [0.2, 0.25) is 0 Å². The van der Waals surface area contributed by atoms with Gasteiger partial charge < -0.3 is 15.1 Å². The third-order valence-electron chi connectivity index (χ3n) is 2.74. The molecule has 2 N–H and O–H groups in total. The molecule has 2 rings (SSSR count). The summed E-state index contributed by atoms with van der Waals surface area (Å²) in [5.74, 6) is -0.187. The summed E-state index contributed by atoms with van der Waals surface area (Å²) >= 11 is 0. The minimum atomic E-state index is -1.05. The summed E-state index contributed by atoms with van der Waals surface area (Å²) in [5.41, 5.74) is -0.00236.